The number of anilines is 2. The van der Waals surface area contributed by atoms with Gasteiger partial charge < -0.3 is 15.0 Å². The highest BCUT2D eigenvalue weighted by molar-refractivity contribution is 6.03. The summed E-state index contributed by atoms with van der Waals surface area (Å²) >= 11 is 0. The Morgan fingerprint density at radius 1 is 1.18 bits per heavy atom. The summed E-state index contributed by atoms with van der Waals surface area (Å²) in [4.78, 5) is 17.3. The van der Waals surface area contributed by atoms with Crippen LogP contribution in [-0.2, 0) is 5.41 Å². The lowest BCUT2D eigenvalue weighted by Gasteiger charge is -2.39. The standard InChI is InChI=1S/C22H26FN3O2/c1-3-25-12-10-22(11-13-25)15-26(20-9-8-18(28-2)14-19(20)22)21(27)24-17-6-4-16(23)5-7-17/h4-9,14H,3,10-13,15H2,1-2H3,(H,24,27). The lowest BCUT2D eigenvalue weighted by Crippen LogP contribution is -2.46. The maximum absolute atomic E-state index is 13.2. The SMILES string of the molecule is CCN1CCC2(CC1)CN(C(=O)Nc1ccc(F)cc1)c1ccc(OC)cc12. The highest BCUT2D eigenvalue weighted by Crippen LogP contribution is 2.48. The number of nitrogens with one attached hydrogen (secondary N) is 1. The third-order valence-electron chi connectivity index (χ3n) is 6.13. The van der Waals surface area contributed by atoms with E-state index in [0.29, 0.717) is 12.2 Å². The van der Waals surface area contributed by atoms with Crippen molar-refractivity contribution in [3.8, 4) is 5.75 Å². The molecular weight excluding hydrogens is 357 g/mol. The van der Waals surface area contributed by atoms with Gasteiger partial charge >= 0.3 is 6.03 Å². The number of carbonyl (C=O) groups is 1. The molecule has 2 amide bonds. The van der Waals surface area contributed by atoms with Gasteiger partial charge in [-0.1, -0.05) is 6.92 Å². The largest absolute Gasteiger partial charge is 0.497 e. The Hall–Kier alpha value is -2.60. The van der Waals surface area contributed by atoms with Gasteiger partial charge in [0.25, 0.3) is 0 Å². The number of nitrogens with zero attached hydrogens (tertiary/aromatic N) is 2. The number of fused-ring (bicyclic) bond motifs is 2. The van der Waals surface area contributed by atoms with Crippen molar-refractivity contribution in [2.45, 2.75) is 25.2 Å². The first-order valence-corrected chi connectivity index (χ1v) is 9.79. The van der Waals surface area contributed by atoms with Gasteiger partial charge in [-0.15, -0.1) is 0 Å². The topological polar surface area (TPSA) is 44.8 Å². The van der Waals surface area contributed by atoms with Crippen LogP contribution in [0.4, 0.5) is 20.6 Å². The van der Waals surface area contributed by atoms with E-state index < -0.39 is 0 Å². The maximum atomic E-state index is 13.2. The molecule has 6 heteroatoms. The molecular formula is C22H26FN3O2. The zero-order chi connectivity index (χ0) is 19.7. The second-order valence-electron chi connectivity index (χ2n) is 7.62. The van der Waals surface area contributed by atoms with Gasteiger partial charge in [-0.3, -0.25) is 4.90 Å². The van der Waals surface area contributed by atoms with E-state index in [2.05, 4.69) is 23.2 Å². The van der Waals surface area contributed by atoms with Crippen molar-refractivity contribution in [1.82, 2.24) is 4.90 Å². The van der Waals surface area contributed by atoms with Crippen LogP contribution in [0.1, 0.15) is 25.3 Å². The lowest BCUT2D eigenvalue weighted by atomic mass is 9.74. The average Bonchev–Trinajstić information content (AvgIpc) is 3.04. The minimum Gasteiger partial charge on any atom is -0.497 e. The molecule has 1 N–H and O–H groups in total. The Morgan fingerprint density at radius 2 is 1.89 bits per heavy atom. The van der Waals surface area contributed by atoms with Crippen LogP contribution >= 0.6 is 0 Å². The molecule has 148 valence electrons. The number of urea groups is 1. The number of benzene rings is 2. The first-order valence-electron chi connectivity index (χ1n) is 9.79. The summed E-state index contributed by atoms with van der Waals surface area (Å²) in [6.45, 7) is 5.95. The minimum atomic E-state index is -0.321. The van der Waals surface area contributed by atoms with Crippen LogP contribution in [0.25, 0.3) is 0 Å². The van der Waals surface area contributed by atoms with Crippen molar-refractivity contribution in [1.29, 1.82) is 0 Å². The van der Waals surface area contributed by atoms with E-state index in [0.717, 1.165) is 43.9 Å². The van der Waals surface area contributed by atoms with Gasteiger partial charge in [-0.2, -0.15) is 0 Å². The molecule has 28 heavy (non-hydrogen) atoms. The third kappa shape index (κ3) is 3.33. The molecule has 4 rings (SSSR count). The van der Waals surface area contributed by atoms with Gasteiger partial charge in [0.15, 0.2) is 0 Å². The number of hydrogen-bond donors (Lipinski definition) is 1. The molecule has 0 aliphatic carbocycles. The zero-order valence-electron chi connectivity index (χ0n) is 16.4. The van der Waals surface area contributed by atoms with E-state index in [1.165, 1.54) is 17.7 Å². The minimum absolute atomic E-state index is 0.0460. The van der Waals surface area contributed by atoms with Gasteiger partial charge in [0, 0.05) is 23.3 Å². The second-order valence-corrected chi connectivity index (χ2v) is 7.62. The smallest absolute Gasteiger partial charge is 0.326 e. The summed E-state index contributed by atoms with van der Waals surface area (Å²) in [5.74, 6) is 0.495. The van der Waals surface area contributed by atoms with Crippen LogP contribution in [0.15, 0.2) is 42.5 Å². The van der Waals surface area contributed by atoms with Crippen molar-refractivity contribution in [3.05, 3.63) is 53.8 Å². The average molecular weight is 383 g/mol. The molecule has 5 nitrogen and oxygen atoms in total. The molecule has 0 aromatic heterocycles. The van der Waals surface area contributed by atoms with Crippen LogP contribution in [0.3, 0.4) is 0 Å². The van der Waals surface area contributed by atoms with Crippen LogP contribution in [0.2, 0.25) is 0 Å². The fourth-order valence-corrected chi connectivity index (χ4v) is 4.41. The van der Waals surface area contributed by atoms with Crippen molar-refractivity contribution >= 4 is 17.4 Å². The molecule has 1 saturated heterocycles. The molecule has 2 aromatic rings. The quantitative estimate of drug-likeness (QED) is 0.862. The summed E-state index contributed by atoms with van der Waals surface area (Å²) in [5.41, 5.74) is 2.67. The van der Waals surface area contributed by atoms with E-state index >= 15 is 0 Å². The molecule has 2 heterocycles. The van der Waals surface area contributed by atoms with Gasteiger partial charge in [0.2, 0.25) is 0 Å². The molecule has 0 saturated carbocycles. The highest BCUT2D eigenvalue weighted by Gasteiger charge is 2.46. The third-order valence-corrected chi connectivity index (χ3v) is 6.13. The Morgan fingerprint density at radius 3 is 2.54 bits per heavy atom. The van der Waals surface area contributed by atoms with Crippen molar-refractivity contribution < 1.29 is 13.9 Å². The van der Waals surface area contributed by atoms with E-state index in [1.54, 1.807) is 19.2 Å². The molecule has 1 fully saturated rings. The maximum Gasteiger partial charge on any atom is 0.326 e. The number of hydrogen-bond acceptors (Lipinski definition) is 3. The Bertz CT molecular complexity index is 861. The molecule has 0 bridgehead atoms. The van der Waals surface area contributed by atoms with Crippen molar-refractivity contribution in [2.24, 2.45) is 0 Å². The van der Waals surface area contributed by atoms with Gasteiger partial charge in [-0.05, 0) is 80.5 Å². The van der Waals surface area contributed by atoms with Crippen LogP contribution in [0.5, 0.6) is 5.75 Å². The molecule has 2 aliphatic heterocycles. The summed E-state index contributed by atoms with van der Waals surface area (Å²) in [5, 5.41) is 2.90. The molecule has 1 spiro atoms. The number of rotatable bonds is 3. The van der Waals surface area contributed by atoms with Crippen molar-refractivity contribution in [3.63, 3.8) is 0 Å². The highest BCUT2D eigenvalue weighted by atomic mass is 19.1. The number of halogens is 1. The monoisotopic (exact) mass is 383 g/mol. The zero-order valence-corrected chi connectivity index (χ0v) is 16.4. The molecule has 0 radical (unpaired) electrons. The van der Waals surface area contributed by atoms with Gasteiger partial charge in [0.05, 0.1) is 7.11 Å². The number of carbonyl (C=O) groups excluding carboxylic acids is 1. The number of piperidine rings is 1. The summed E-state index contributed by atoms with van der Waals surface area (Å²) in [6.07, 6.45) is 2.03. The molecule has 0 atom stereocenters. The summed E-state index contributed by atoms with van der Waals surface area (Å²) in [7, 11) is 1.67. The molecule has 2 aromatic carbocycles. The Kier molecular flexibility index (Phi) is 4.98. The number of methoxy groups -OCH3 is 1. The van der Waals surface area contributed by atoms with Crippen LogP contribution < -0.4 is 15.0 Å². The Balaban J connectivity index is 1.63. The number of amides is 2. The number of ether oxygens (including phenoxy) is 1. The lowest BCUT2D eigenvalue weighted by molar-refractivity contribution is 0.173. The first-order chi connectivity index (χ1) is 13.5. The normalized spacial score (nSPS) is 18.2. The molecule has 2 aliphatic rings. The van der Waals surface area contributed by atoms with E-state index in [1.807, 2.05) is 17.0 Å². The molecule has 0 unspecified atom stereocenters. The van der Waals surface area contributed by atoms with E-state index in [-0.39, 0.29) is 17.3 Å². The fourth-order valence-electron chi connectivity index (χ4n) is 4.41. The summed E-state index contributed by atoms with van der Waals surface area (Å²) < 4.78 is 18.6. The Labute approximate surface area is 165 Å². The van der Waals surface area contributed by atoms with Crippen LogP contribution in [-0.4, -0.2) is 44.2 Å². The van der Waals surface area contributed by atoms with Gasteiger partial charge in [0.1, 0.15) is 11.6 Å². The first kappa shape index (κ1) is 18.7. The number of likely N-dealkylation sites (tertiary alicyclic amines) is 1. The predicted octanol–water partition coefficient (Wildman–Crippen LogP) is 4.24. The van der Waals surface area contributed by atoms with E-state index in [9.17, 15) is 9.18 Å². The van der Waals surface area contributed by atoms with Crippen molar-refractivity contribution in [2.75, 3.05) is 43.5 Å². The van der Waals surface area contributed by atoms with Crippen LogP contribution in [0, 0.1) is 5.82 Å². The summed E-state index contributed by atoms with van der Waals surface area (Å²) in [6, 6.07) is 11.6. The second kappa shape index (κ2) is 7.43. The van der Waals surface area contributed by atoms with Gasteiger partial charge in [-0.25, -0.2) is 9.18 Å². The predicted molar refractivity (Wildman–Crippen MR) is 109 cm³/mol. The van der Waals surface area contributed by atoms with E-state index in [4.69, 9.17) is 4.74 Å². The fraction of sp³-hybridized carbons (Fsp3) is 0.409.